The average Bonchev–Trinajstić information content (AvgIpc) is 2.68. The van der Waals surface area contributed by atoms with Crippen molar-refractivity contribution in [3.05, 3.63) is 17.5 Å². The Kier molecular flexibility index (Phi) is 3.39. The van der Waals surface area contributed by atoms with Crippen LogP contribution in [0.2, 0.25) is 0 Å². The molecular formula is C15H25N3O. The summed E-state index contributed by atoms with van der Waals surface area (Å²) in [5.74, 6) is 0.668. The lowest BCUT2D eigenvalue weighted by Crippen LogP contribution is -2.47. The van der Waals surface area contributed by atoms with Crippen molar-refractivity contribution in [3.63, 3.8) is 0 Å². The van der Waals surface area contributed by atoms with E-state index in [-0.39, 0.29) is 5.60 Å². The highest BCUT2D eigenvalue weighted by molar-refractivity contribution is 5.21. The zero-order valence-corrected chi connectivity index (χ0v) is 12.3. The Morgan fingerprint density at radius 3 is 2.84 bits per heavy atom. The molecule has 1 aromatic heterocycles. The molecule has 2 aliphatic rings. The molecule has 4 nitrogen and oxygen atoms in total. The maximum absolute atomic E-state index is 6.05. The van der Waals surface area contributed by atoms with Crippen LogP contribution in [-0.4, -0.2) is 29.0 Å². The number of hydrogen-bond acceptors (Lipinski definition) is 3. The van der Waals surface area contributed by atoms with Gasteiger partial charge >= 0.3 is 0 Å². The maximum Gasteiger partial charge on any atom is 0.0686 e. The molecule has 2 atom stereocenters. The molecule has 1 aliphatic carbocycles. The van der Waals surface area contributed by atoms with Crippen molar-refractivity contribution in [1.29, 1.82) is 0 Å². The third-order valence-corrected chi connectivity index (χ3v) is 4.96. The van der Waals surface area contributed by atoms with Gasteiger partial charge in [0.25, 0.3) is 0 Å². The first-order valence-electron chi connectivity index (χ1n) is 7.45. The predicted octanol–water partition coefficient (Wildman–Crippen LogP) is 2.34. The van der Waals surface area contributed by atoms with E-state index in [1.54, 1.807) is 0 Å². The lowest BCUT2D eigenvalue weighted by molar-refractivity contribution is -0.147. The van der Waals surface area contributed by atoms with Crippen LogP contribution in [0.5, 0.6) is 0 Å². The summed E-state index contributed by atoms with van der Waals surface area (Å²) >= 11 is 0. The monoisotopic (exact) mass is 263 g/mol. The fourth-order valence-electron chi connectivity index (χ4n) is 3.84. The summed E-state index contributed by atoms with van der Waals surface area (Å²) in [6.45, 7) is 3.03. The van der Waals surface area contributed by atoms with Crippen LogP contribution >= 0.6 is 0 Å². The van der Waals surface area contributed by atoms with Gasteiger partial charge in [-0.3, -0.25) is 4.68 Å². The second-order valence-electron chi connectivity index (χ2n) is 6.25. The van der Waals surface area contributed by atoms with E-state index in [2.05, 4.69) is 30.6 Å². The fourth-order valence-corrected chi connectivity index (χ4v) is 3.84. The molecule has 1 spiro atoms. The van der Waals surface area contributed by atoms with Gasteiger partial charge in [0.05, 0.1) is 11.3 Å². The van der Waals surface area contributed by atoms with E-state index < -0.39 is 0 Å². The highest BCUT2D eigenvalue weighted by Gasteiger charge is 2.44. The molecule has 0 bridgehead atoms. The molecule has 1 saturated carbocycles. The minimum Gasteiger partial charge on any atom is -0.375 e. The van der Waals surface area contributed by atoms with E-state index >= 15 is 0 Å². The Hall–Kier alpha value is -0.870. The van der Waals surface area contributed by atoms with Crippen LogP contribution in [0.1, 0.15) is 49.4 Å². The number of ether oxygens (including phenoxy) is 1. The lowest BCUT2D eigenvalue weighted by Gasteiger charge is -2.48. The summed E-state index contributed by atoms with van der Waals surface area (Å²) in [6.07, 6.45) is 8.37. The van der Waals surface area contributed by atoms with Gasteiger partial charge in [0.2, 0.25) is 0 Å². The first-order valence-corrected chi connectivity index (χ1v) is 7.45. The maximum atomic E-state index is 6.05. The van der Waals surface area contributed by atoms with Crippen LogP contribution in [0.4, 0.5) is 0 Å². The molecule has 106 valence electrons. The van der Waals surface area contributed by atoms with Gasteiger partial charge in [-0.2, -0.15) is 5.10 Å². The molecule has 0 radical (unpaired) electrons. The van der Waals surface area contributed by atoms with E-state index in [4.69, 9.17) is 4.74 Å². The van der Waals surface area contributed by atoms with Crippen molar-refractivity contribution in [2.24, 2.45) is 13.0 Å². The normalized spacial score (nSPS) is 27.2. The summed E-state index contributed by atoms with van der Waals surface area (Å²) < 4.78 is 7.97. The van der Waals surface area contributed by atoms with E-state index in [1.165, 1.54) is 31.2 Å². The third-order valence-electron chi connectivity index (χ3n) is 4.96. The lowest BCUT2D eigenvalue weighted by atomic mass is 9.69. The van der Waals surface area contributed by atoms with Crippen molar-refractivity contribution in [2.75, 3.05) is 13.7 Å². The summed E-state index contributed by atoms with van der Waals surface area (Å²) in [5.41, 5.74) is 2.72. The topological polar surface area (TPSA) is 39.1 Å². The van der Waals surface area contributed by atoms with Gasteiger partial charge in [-0.05, 0) is 52.0 Å². The largest absolute Gasteiger partial charge is 0.375 e. The predicted molar refractivity (Wildman–Crippen MR) is 75.0 cm³/mol. The Balaban J connectivity index is 1.80. The van der Waals surface area contributed by atoms with Gasteiger partial charge in [-0.25, -0.2) is 0 Å². The molecular weight excluding hydrogens is 238 g/mol. The summed E-state index contributed by atoms with van der Waals surface area (Å²) in [6, 6.07) is 0.412. The van der Waals surface area contributed by atoms with Crippen LogP contribution in [0.25, 0.3) is 0 Å². The molecule has 2 unspecified atom stereocenters. The van der Waals surface area contributed by atoms with Crippen molar-refractivity contribution < 1.29 is 4.74 Å². The highest BCUT2D eigenvalue weighted by Crippen LogP contribution is 2.47. The first-order chi connectivity index (χ1) is 9.13. The standard InChI is InChI=1S/C15H25N3O/c1-11-13(10-18(3)17-11)14(16-2)12-5-8-19-15(9-12)6-4-7-15/h10,12,14,16H,4-9H2,1-3H3. The molecule has 4 heteroatoms. The highest BCUT2D eigenvalue weighted by atomic mass is 16.5. The SMILES string of the molecule is CNC(c1cn(C)nc1C)C1CCOC2(CCC2)C1. The van der Waals surface area contributed by atoms with Crippen molar-refractivity contribution >= 4 is 0 Å². The number of aryl methyl sites for hydroxylation is 2. The van der Waals surface area contributed by atoms with E-state index in [0.717, 1.165) is 18.7 Å². The average molecular weight is 263 g/mol. The molecule has 3 rings (SSSR count). The summed E-state index contributed by atoms with van der Waals surface area (Å²) in [7, 11) is 4.07. The fraction of sp³-hybridized carbons (Fsp3) is 0.800. The zero-order valence-electron chi connectivity index (χ0n) is 12.3. The minimum atomic E-state index is 0.216. The van der Waals surface area contributed by atoms with Crippen LogP contribution in [0.15, 0.2) is 6.20 Å². The third kappa shape index (κ3) is 2.32. The van der Waals surface area contributed by atoms with Crippen LogP contribution in [0, 0.1) is 12.8 Å². The second-order valence-corrected chi connectivity index (χ2v) is 6.25. The number of nitrogens with one attached hydrogen (secondary N) is 1. The van der Waals surface area contributed by atoms with E-state index in [1.807, 2.05) is 11.7 Å². The number of nitrogens with zero attached hydrogens (tertiary/aromatic N) is 2. The number of rotatable bonds is 3. The summed E-state index contributed by atoms with van der Waals surface area (Å²) in [5, 5.41) is 8.01. The van der Waals surface area contributed by atoms with Crippen LogP contribution in [0.3, 0.4) is 0 Å². The smallest absolute Gasteiger partial charge is 0.0686 e. The van der Waals surface area contributed by atoms with Crippen LogP contribution in [-0.2, 0) is 11.8 Å². The molecule has 19 heavy (non-hydrogen) atoms. The molecule has 0 aromatic carbocycles. The first kappa shape index (κ1) is 13.1. The molecule has 1 saturated heterocycles. The molecule has 1 aromatic rings. The second kappa shape index (κ2) is 4.91. The van der Waals surface area contributed by atoms with Crippen molar-refractivity contribution in [3.8, 4) is 0 Å². The van der Waals surface area contributed by atoms with Crippen LogP contribution < -0.4 is 5.32 Å². The van der Waals surface area contributed by atoms with E-state index in [0.29, 0.717) is 12.0 Å². The number of hydrogen-bond donors (Lipinski definition) is 1. The Morgan fingerprint density at radius 2 is 2.32 bits per heavy atom. The molecule has 1 N–H and O–H groups in total. The Bertz CT molecular complexity index is 450. The van der Waals surface area contributed by atoms with Gasteiger partial charge in [-0.15, -0.1) is 0 Å². The van der Waals surface area contributed by atoms with Gasteiger partial charge in [0, 0.05) is 31.5 Å². The van der Waals surface area contributed by atoms with Crippen molar-refractivity contribution in [1.82, 2.24) is 15.1 Å². The summed E-state index contributed by atoms with van der Waals surface area (Å²) in [4.78, 5) is 0. The van der Waals surface area contributed by atoms with E-state index in [9.17, 15) is 0 Å². The molecule has 1 aliphatic heterocycles. The molecule has 2 fully saturated rings. The van der Waals surface area contributed by atoms with Gasteiger partial charge in [0.1, 0.15) is 0 Å². The molecule has 0 amide bonds. The van der Waals surface area contributed by atoms with Gasteiger partial charge in [0.15, 0.2) is 0 Å². The van der Waals surface area contributed by atoms with Gasteiger partial charge in [-0.1, -0.05) is 0 Å². The number of aromatic nitrogens is 2. The van der Waals surface area contributed by atoms with Gasteiger partial charge < -0.3 is 10.1 Å². The van der Waals surface area contributed by atoms with Crippen molar-refractivity contribution in [2.45, 2.75) is 50.7 Å². The molecule has 2 heterocycles. The minimum absolute atomic E-state index is 0.216. The Morgan fingerprint density at radius 1 is 1.53 bits per heavy atom. The quantitative estimate of drug-likeness (QED) is 0.910. The zero-order chi connectivity index (χ0) is 13.5. The Labute approximate surface area is 115 Å².